The van der Waals surface area contributed by atoms with Crippen LogP contribution in [0.15, 0.2) is 12.2 Å². The summed E-state index contributed by atoms with van der Waals surface area (Å²) in [6.07, 6.45) is 7.75. The summed E-state index contributed by atoms with van der Waals surface area (Å²) in [5.74, 6) is 0.871. The van der Waals surface area contributed by atoms with Crippen molar-refractivity contribution in [2.75, 3.05) is 0 Å². The smallest absolute Gasteiger partial charge is 0.0694 e. The predicted molar refractivity (Wildman–Crippen MR) is 52.6 cm³/mol. The molecule has 0 aliphatic carbocycles. The summed E-state index contributed by atoms with van der Waals surface area (Å²) in [4.78, 5) is 0. The molecule has 1 heteroatoms. The van der Waals surface area contributed by atoms with Crippen LogP contribution in [0, 0.1) is 23.2 Å². The Bertz CT molecular complexity index is 162. The second-order valence-electron chi connectivity index (χ2n) is 3.67. The minimum atomic E-state index is 0.0732. The number of unbranched alkanes of at least 4 members (excludes halogenated alkanes) is 1. The van der Waals surface area contributed by atoms with Gasteiger partial charge in [0.1, 0.15) is 0 Å². The Hall–Kier alpha value is -0.770. The van der Waals surface area contributed by atoms with E-state index in [1.54, 1.807) is 0 Å². The van der Waals surface area contributed by atoms with Gasteiger partial charge in [0.2, 0.25) is 0 Å². The van der Waals surface area contributed by atoms with Crippen LogP contribution in [0.1, 0.15) is 40.0 Å². The van der Waals surface area contributed by atoms with Crippen molar-refractivity contribution < 1.29 is 0 Å². The van der Waals surface area contributed by atoms with Gasteiger partial charge in [-0.05, 0) is 25.7 Å². The van der Waals surface area contributed by atoms with Crippen molar-refractivity contribution in [1.29, 1.82) is 5.26 Å². The lowest BCUT2D eigenvalue weighted by Crippen LogP contribution is -1.86. The van der Waals surface area contributed by atoms with Crippen LogP contribution in [0.4, 0.5) is 0 Å². The summed E-state index contributed by atoms with van der Waals surface area (Å²) in [6.45, 7) is 6.39. The first-order chi connectivity index (χ1) is 5.66. The highest BCUT2D eigenvalue weighted by molar-refractivity contribution is 4.97. The lowest BCUT2D eigenvalue weighted by atomic mass is 10.1. The number of allylic oxidation sites excluding steroid dienone is 2. The highest BCUT2D eigenvalue weighted by atomic mass is 14.2. The quantitative estimate of drug-likeness (QED) is 0.451. The van der Waals surface area contributed by atoms with Gasteiger partial charge in [-0.2, -0.15) is 5.26 Å². The molecule has 0 aliphatic rings. The van der Waals surface area contributed by atoms with Gasteiger partial charge in [-0.25, -0.2) is 0 Å². The fourth-order valence-corrected chi connectivity index (χ4v) is 0.987. The molecule has 0 bridgehead atoms. The molecule has 12 heavy (non-hydrogen) atoms. The third kappa shape index (κ3) is 7.34. The fourth-order valence-electron chi connectivity index (χ4n) is 0.987. The van der Waals surface area contributed by atoms with Crippen LogP contribution in [0.3, 0.4) is 0 Å². The Morgan fingerprint density at radius 1 is 1.33 bits per heavy atom. The van der Waals surface area contributed by atoms with Crippen LogP contribution in [-0.2, 0) is 0 Å². The van der Waals surface area contributed by atoms with Crippen LogP contribution in [-0.4, -0.2) is 0 Å². The van der Waals surface area contributed by atoms with Gasteiger partial charge in [-0.3, -0.25) is 0 Å². The highest BCUT2D eigenvalue weighted by Crippen LogP contribution is 2.07. The molecule has 0 rings (SSSR count). The molecule has 0 fully saturated rings. The molecule has 0 saturated heterocycles. The lowest BCUT2D eigenvalue weighted by Gasteiger charge is -2.00. The van der Waals surface area contributed by atoms with Gasteiger partial charge in [0.05, 0.1) is 12.0 Å². The number of rotatable bonds is 5. The predicted octanol–water partition coefficient (Wildman–Crippen LogP) is 3.53. The first kappa shape index (κ1) is 11.2. The van der Waals surface area contributed by atoms with E-state index in [9.17, 15) is 0 Å². The summed E-state index contributed by atoms with van der Waals surface area (Å²) >= 11 is 0. The van der Waals surface area contributed by atoms with E-state index in [4.69, 9.17) is 5.26 Å². The van der Waals surface area contributed by atoms with Crippen LogP contribution in [0.5, 0.6) is 0 Å². The topological polar surface area (TPSA) is 23.8 Å². The molecule has 0 spiro atoms. The van der Waals surface area contributed by atoms with Gasteiger partial charge in [0, 0.05) is 0 Å². The Labute approximate surface area is 76.1 Å². The Kier molecular flexibility index (Phi) is 6.47. The van der Waals surface area contributed by atoms with Crippen molar-refractivity contribution in [3.05, 3.63) is 12.2 Å². The lowest BCUT2D eigenvalue weighted by molar-refractivity contribution is 0.559. The number of nitrogens with zero attached hydrogens (tertiary/aromatic N) is 1. The molecule has 0 aromatic rings. The maximum Gasteiger partial charge on any atom is 0.0694 e. The van der Waals surface area contributed by atoms with Gasteiger partial charge in [0.25, 0.3) is 0 Å². The van der Waals surface area contributed by atoms with Gasteiger partial charge in [-0.1, -0.05) is 32.4 Å². The molecular weight excluding hydrogens is 146 g/mol. The van der Waals surface area contributed by atoms with E-state index in [0.717, 1.165) is 12.3 Å². The largest absolute Gasteiger partial charge is 0.198 e. The van der Waals surface area contributed by atoms with Crippen molar-refractivity contribution >= 4 is 0 Å². The van der Waals surface area contributed by atoms with Crippen LogP contribution in [0.25, 0.3) is 0 Å². The summed E-state index contributed by atoms with van der Waals surface area (Å²) in [5.41, 5.74) is 0. The third-order valence-electron chi connectivity index (χ3n) is 1.78. The first-order valence-electron chi connectivity index (χ1n) is 4.73. The van der Waals surface area contributed by atoms with Crippen molar-refractivity contribution in [1.82, 2.24) is 0 Å². The van der Waals surface area contributed by atoms with Gasteiger partial charge in [-0.15, -0.1) is 0 Å². The second kappa shape index (κ2) is 6.91. The zero-order valence-electron chi connectivity index (χ0n) is 8.38. The third-order valence-corrected chi connectivity index (χ3v) is 1.78. The van der Waals surface area contributed by atoms with Crippen molar-refractivity contribution in [2.24, 2.45) is 11.8 Å². The Balaban J connectivity index is 3.32. The molecular formula is C11H19N. The van der Waals surface area contributed by atoms with Gasteiger partial charge >= 0.3 is 0 Å². The number of nitriles is 1. The molecule has 1 atom stereocenters. The van der Waals surface area contributed by atoms with E-state index in [1.165, 1.54) is 12.8 Å². The molecule has 0 aliphatic heterocycles. The maximum absolute atomic E-state index is 8.48. The summed E-state index contributed by atoms with van der Waals surface area (Å²) in [6, 6.07) is 2.18. The summed E-state index contributed by atoms with van der Waals surface area (Å²) in [5, 5.41) is 8.48. The number of hydrogen-bond acceptors (Lipinski definition) is 1. The van der Waals surface area contributed by atoms with E-state index in [0.29, 0.717) is 0 Å². The summed E-state index contributed by atoms with van der Waals surface area (Å²) in [7, 11) is 0. The van der Waals surface area contributed by atoms with Crippen molar-refractivity contribution in [2.45, 2.75) is 40.0 Å². The molecule has 0 aromatic heterocycles. The molecule has 0 N–H and O–H groups in total. The average molecular weight is 165 g/mol. The zero-order valence-corrected chi connectivity index (χ0v) is 8.38. The van der Waals surface area contributed by atoms with E-state index < -0.39 is 0 Å². The average Bonchev–Trinajstić information content (AvgIpc) is 2.03. The van der Waals surface area contributed by atoms with Crippen LogP contribution < -0.4 is 0 Å². The van der Waals surface area contributed by atoms with Crippen molar-refractivity contribution in [3.8, 4) is 6.07 Å². The van der Waals surface area contributed by atoms with Crippen LogP contribution in [0.2, 0.25) is 0 Å². The van der Waals surface area contributed by atoms with Gasteiger partial charge < -0.3 is 0 Å². The molecule has 1 unspecified atom stereocenters. The molecule has 0 radical (unpaired) electrons. The van der Waals surface area contributed by atoms with E-state index in [2.05, 4.69) is 26.0 Å². The highest BCUT2D eigenvalue weighted by Gasteiger charge is 1.92. The van der Waals surface area contributed by atoms with E-state index in [-0.39, 0.29) is 5.92 Å². The number of hydrogen-bond donors (Lipinski definition) is 0. The standard InChI is InChI=1S/C11H19N/c1-10(2)7-5-4-6-8-11(3)9-12/h6,8,10-11H,4-5,7H2,1-3H3. The molecule has 0 saturated carbocycles. The maximum atomic E-state index is 8.48. The van der Waals surface area contributed by atoms with Crippen LogP contribution >= 0.6 is 0 Å². The minimum absolute atomic E-state index is 0.0732. The molecule has 0 amide bonds. The zero-order chi connectivity index (χ0) is 9.40. The molecule has 68 valence electrons. The normalized spacial score (nSPS) is 13.6. The fraction of sp³-hybridized carbons (Fsp3) is 0.727. The molecule has 0 heterocycles. The second-order valence-corrected chi connectivity index (χ2v) is 3.67. The SMILES string of the molecule is CC(C#N)C=CCCCC(C)C. The molecule has 1 nitrogen and oxygen atoms in total. The minimum Gasteiger partial charge on any atom is -0.198 e. The Morgan fingerprint density at radius 3 is 2.50 bits per heavy atom. The first-order valence-corrected chi connectivity index (χ1v) is 4.73. The molecule has 0 aromatic carbocycles. The summed E-state index contributed by atoms with van der Waals surface area (Å²) < 4.78 is 0. The Morgan fingerprint density at radius 2 is 2.00 bits per heavy atom. The monoisotopic (exact) mass is 165 g/mol. The van der Waals surface area contributed by atoms with Gasteiger partial charge in [0.15, 0.2) is 0 Å². The van der Waals surface area contributed by atoms with E-state index >= 15 is 0 Å². The van der Waals surface area contributed by atoms with Crippen molar-refractivity contribution in [3.63, 3.8) is 0 Å². The van der Waals surface area contributed by atoms with E-state index in [1.807, 2.05) is 13.0 Å².